The summed E-state index contributed by atoms with van der Waals surface area (Å²) in [5.41, 5.74) is 4.56. The molecule has 1 atom stereocenters. The second-order valence-corrected chi connectivity index (χ2v) is 6.17. The number of aryl methyl sites for hydroxylation is 2. The fourth-order valence-electron chi connectivity index (χ4n) is 2.52. The first-order valence-electron chi connectivity index (χ1n) is 7.26. The molecule has 1 unspecified atom stereocenters. The van der Waals surface area contributed by atoms with Gasteiger partial charge >= 0.3 is 0 Å². The fourth-order valence-corrected chi connectivity index (χ4v) is 3.09. The van der Waals surface area contributed by atoms with Crippen LogP contribution in [0, 0.1) is 13.8 Å². The van der Waals surface area contributed by atoms with Crippen molar-refractivity contribution in [1.29, 1.82) is 0 Å². The monoisotopic (exact) mass is 321 g/mol. The number of nitrogens with one attached hydrogen (secondary N) is 1. The van der Waals surface area contributed by atoms with E-state index in [1.54, 1.807) is 0 Å². The summed E-state index contributed by atoms with van der Waals surface area (Å²) in [5, 5.41) is 5.17. The lowest BCUT2D eigenvalue weighted by Gasteiger charge is -2.21. The van der Waals surface area contributed by atoms with Crippen LogP contribution in [0.2, 0.25) is 10.0 Å². The van der Waals surface area contributed by atoms with Crippen molar-refractivity contribution in [3.8, 4) is 0 Å². The van der Waals surface area contributed by atoms with Crippen LogP contribution >= 0.6 is 23.2 Å². The summed E-state index contributed by atoms with van der Waals surface area (Å²) in [6.45, 7) is 7.08. The first-order chi connectivity index (χ1) is 10.0. The van der Waals surface area contributed by atoms with E-state index < -0.39 is 0 Å². The molecule has 112 valence electrons. The van der Waals surface area contributed by atoms with Gasteiger partial charge in [0.1, 0.15) is 0 Å². The van der Waals surface area contributed by atoms with E-state index in [0.29, 0.717) is 0 Å². The van der Waals surface area contributed by atoms with Gasteiger partial charge in [0.2, 0.25) is 0 Å². The molecule has 0 aromatic heterocycles. The minimum atomic E-state index is 0.169. The van der Waals surface area contributed by atoms with E-state index >= 15 is 0 Å². The molecule has 0 bridgehead atoms. The maximum Gasteiger partial charge on any atom is 0.0483 e. The zero-order chi connectivity index (χ0) is 15.4. The third kappa shape index (κ3) is 4.00. The number of halogens is 2. The van der Waals surface area contributed by atoms with Crippen molar-refractivity contribution < 1.29 is 0 Å². The molecule has 21 heavy (non-hydrogen) atoms. The predicted molar refractivity (Wildman–Crippen MR) is 92.5 cm³/mol. The Hall–Kier alpha value is -1.02. The molecule has 2 aromatic rings. The zero-order valence-corrected chi connectivity index (χ0v) is 14.2. The first kappa shape index (κ1) is 16.4. The molecule has 0 fully saturated rings. The van der Waals surface area contributed by atoms with Gasteiger partial charge in [0, 0.05) is 16.1 Å². The Morgan fingerprint density at radius 2 is 1.86 bits per heavy atom. The Labute approximate surface area is 137 Å². The lowest BCUT2D eigenvalue weighted by atomic mass is 9.96. The van der Waals surface area contributed by atoms with Crippen LogP contribution in [0.1, 0.15) is 35.2 Å². The molecule has 0 heterocycles. The van der Waals surface area contributed by atoms with E-state index in [2.05, 4.69) is 43.4 Å². The van der Waals surface area contributed by atoms with E-state index in [1.807, 2.05) is 19.1 Å². The van der Waals surface area contributed by atoms with Gasteiger partial charge in [-0.2, -0.15) is 0 Å². The standard InChI is InChI=1S/C18H21Cl2N/c1-4-21-17(15-7-5-6-13(3)18(15)20)11-14-9-8-12(2)10-16(14)19/h5-10,17,21H,4,11H2,1-3H3. The number of hydrogen-bond acceptors (Lipinski definition) is 1. The van der Waals surface area contributed by atoms with Crippen LogP contribution in [-0.2, 0) is 6.42 Å². The SMILES string of the molecule is CCNC(Cc1ccc(C)cc1Cl)c1cccc(C)c1Cl. The predicted octanol–water partition coefficient (Wildman–Crippen LogP) is 5.50. The Balaban J connectivity index is 2.33. The minimum absolute atomic E-state index is 0.169. The van der Waals surface area contributed by atoms with Crippen LogP contribution in [0.25, 0.3) is 0 Å². The lowest BCUT2D eigenvalue weighted by molar-refractivity contribution is 0.550. The molecule has 0 spiro atoms. The third-order valence-electron chi connectivity index (χ3n) is 3.68. The molecule has 2 rings (SSSR count). The van der Waals surface area contributed by atoms with Gasteiger partial charge in [0.25, 0.3) is 0 Å². The lowest BCUT2D eigenvalue weighted by Crippen LogP contribution is -2.23. The smallest absolute Gasteiger partial charge is 0.0483 e. The Morgan fingerprint density at radius 1 is 1.10 bits per heavy atom. The molecule has 1 N–H and O–H groups in total. The molecule has 0 aliphatic rings. The van der Waals surface area contributed by atoms with E-state index in [-0.39, 0.29) is 6.04 Å². The van der Waals surface area contributed by atoms with Crippen LogP contribution in [-0.4, -0.2) is 6.54 Å². The highest BCUT2D eigenvalue weighted by Gasteiger charge is 2.16. The summed E-state index contributed by atoms with van der Waals surface area (Å²) in [5.74, 6) is 0. The van der Waals surface area contributed by atoms with Gasteiger partial charge in [-0.05, 0) is 55.1 Å². The van der Waals surface area contributed by atoms with Crippen molar-refractivity contribution in [3.05, 3.63) is 68.7 Å². The van der Waals surface area contributed by atoms with Crippen LogP contribution in [0.4, 0.5) is 0 Å². The molecule has 3 heteroatoms. The third-order valence-corrected chi connectivity index (χ3v) is 4.55. The molecule has 0 aliphatic carbocycles. The van der Waals surface area contributed by atoms with E-state index in [0.717, 1.165) is 39.7 Å². The molecule has 1 nitrogen and oxygen atoms in total. The van der Waals surface area contributed by atoms with Gasteiger partial charge in [-0.15, -0.1) is 0 Å². The summed E-state index contributed by atoms with van der Waals surface area (Å²) in [7, 11) is 0. The quantitative estimate of drug-likeness (QED) is 0.766. The fraction of sp³-hybridized carbons (Fsp3) is 0.333. The highest BCUT2D eigenvalue weighted by Crippen LogP contribution is 2.30. The first-order valence-corrected chi connectivity index (χ1v) is 8.02. The highest BCUT2D eigenvalue weighted by atomic mass is 35.5. The van der Waals surface area contributed by atoms with Crippen molar-refractivity contribution in [2.45, 2.75) is 33.2 Å². The summed E-state index contributed by atoms with van der Waals surface area (Å²) in [6, 6.07) is 12.6. The van der Waals surface area contributed by atoms with E-state index in [1.165, 1.54) is 5.56 Å². The molecule has 0 saturated heterocycles. The van der Waals surface area contributed by atoms with Crippen molar-refractivity contribution in [3.63, 3.8) is 0 Å². The van der Waals surface area contributed by atoms with Gasteiger partial charge in [0.15, 0.2) is 0 Å². The van der Waals surface area contributed by atoms with Crippen molar-refractivity contribution in [2.24, 2.45) is 0 Å². The van der Waals surface area contributed by atoms with Crippen LogP contribution < -0.4 is 5.32 Å². The summed E-state index contributed by atoms with van der Waals surface area (Å²) in [4.78, 5) is 0. The second-order valence-electron chi connectivity index (χ2n) is 5.39. The highest BCUT2D eigenvalue weighted by molar-refractivity contribution is 6.32. The molecule has 0 radical (unpaired) electrons. The average molecular weight is 322 g/mol. The molecule has 2 aromatic carbocycles. The van der Waals surface area contributed by atoms with Gasteiger partial charge in [-0.1, -0.05) is 60.5 Å². The van der Waals surface area contributed by atoms with Crippen LogP contribution in [0.5, 0.6) is 0 Å². The Bertz CT molecular complexity index is 623. The van der Waals surface area contributed by atoms with Crippen molar-refractivity contribution in [1.82, 2.24) is 5.32 Å². The molecule has 0 saturated carbocycles. The summed E-state index contributed by atoms with van der Waals surface area (Å²) >= 11 is 12.9. The minimum Gasteiger partial charge on any atom is -0.310 e. The summed E-state index contributed by atoms with van der Waals surface area (Å²) in [6.07, 6.45) is 0.829. The van der Waals surface area contributed by atoms with E-state index in [9.17, 15) is 0 Å². The number of hydrogen-bond donors (Lipinski definition) is 1. The maximum atomic E-state index is 6.48. The normalized spacial score (nSPS) is 12.4. The molecule has 0 aliphatic heterocycles. The largest absolute Gasteiger partial charge is 0.310 e. The summed E-state index contributed by atoms with van der Waals surface area (Å²) < 4.78 is 0. The Morgan fingerprint density at radius 3 is 2.52 bits per heavy atom. The number of likely N-dealkylation sites (N-methyl/N-ethyl adjacent to an activating group) is 1. The van der Waals surface area contributed by atoms with Gasteiger partial charge in [-0.25, -0.2) is 0 Å². The topological polar surface area (TPSA) is 12.0 Å². The number of benzene rings is 2. The van der Waals surface area contributed by atoms with Gasteiger partial charge < -0.3 is 5.32 Å². The second kappa shape index (κ2) is 7.31. The zero-order valence-electron chi connectivity index (χ0n) is 12.7. The maximum absolute atomic E-state index is 6.48. The van der Waals surface area contributed by atoms with Crippen LogP contribution in [0.15, 0.2) is 36.4 Å². The van der Waals surface area contributed by atoms with E-state index in [4.69, 9.17) is 23.2 Å². The molecule has 0 amide bonds. The Kier molecular flexibility index (Phi) is 5.69. The van der Waals surface area contributed by atoms with Gasteiger partial charge in [0.05, 0.1) is 0 Å². The van der Waals surface area contributed by atoms with Crippen LogP contribution in [0.3, 0.4) is 0 Å². The molecular formula is C18H21Cl2N. The molecular weight excluding hydrogens is 301 g/mol. The van der Waals surface area contributed by atoms with Crippen molar-refractivity contribution in [2.75, 3.05) is 6.54 Å². The van der Waals surface area contributed by atoms with Gasteiger partial charge in [-0.3, -0.25) is 0 Å². The number of rotatable bonds is 5. The average Bonchev–Trinajstić information content (AvgIpc) is 2.44. The van der Waals surface area contributed by atoms with Crippen molar-refractivity contribution >= 4 is 23.2 Å².